The van der Waals surface area contributed by atoms with Crippen molar-refractivity contribution in [3.63, 3.8) is 0 Å². The average molecular weight is 414 g/mol. The monoisotopic (exact) mass is 413 g/mol. The summed E-state index contributed by atoms with van der Waals surface area (Å²) in [7, 11) is -2.90. The van der Waals surface area contributed by atoms with Gasteiger partial charge in [0.2, 0.25) is 0 Å². The molecule has 0 unspecified atom stereocenters. The van der Waals surface area contributed by atoms with Gasteiger partial charge in [0.1, 0.15) is 11.8 Å². The third kappa shape index (κ3) is 4.26. The summed E-state index contributed by atoms with van der Waals surface area (Å²) in [5.74, 6) is 0.238. The van der Waals surface area contributed by atoms with E-state index in [1.54, 1.807) is 41.3 Å². The van der Waals surface area contributed by atoms with E-state index in [9.17, 15) is 18.0 Å². The van der Waals surface area contributed by atoms with Gasteiger partial charge in [-0.25, -0.2) is 8.42 Å². The van der Waals surface area contributed by atoms with Crippen molar-refractivity contribution in [3.8, 4) is 0 Å². The molecule has 0 bridgehead atoms. The normalized spacial score (nSPS) is 21.8. The van der Waals surface area contributed by atoms with Gasteiger partial charge in [0.25, 0.3) is 5.91 Å². The highest BCUT2D eigenvalue weighted by Gasteiger charge is 2.37. The van der Waals surface area contributed by atoms with Crippen LogP contribution in [0.2, 0.25) is 0 Å². The quantitative estimate of drug-likeness (QED) is 0.739. The minimum Gasteiger partial charge on any atom is -0.329 e. The molecule has 2 heterocycles. The largest absolute Gasteiger partial charge is 0.329 e. The van der Waals surface area contributed by atoms with Crippen molar-refractivity contribution in [2.45, 2.75) is 12.5 Å². The molecule has 7 heteroatoms. The second-order valence-electron chi connectivity index (χ2n) is 7.79. The van der Waals surface area contributed by atoms with E-state index < -0.39 is 9.84 Å². The minimum atomic E-state index is -2.90. The molecule has 2 aliphatic heterocycles. The Bertz CT molecular complexity index is 1010. The van der Waals surface area contributed by atoms with Crippen LogP contribution in [0.4, 0.5) is 0 Å². The predicted molar refractivity (Wildman–Crippen MR) is 110 cm³/mol. The highest BCUT2D eigenvalue weighted by molar-refractivity contribution is 7.91. The van der Waals surface area contributed by atoms with Crippen LogP contribution in [-0.4, -0.2) is 68.7 Å². The first-order valence-corrected chi connectivity index (χ1v) is 11.8. The van der Waals surface area contributed by atoms with Gasteiger partial charge < -0.3 is 9.80 Å². The summed E-state index contributed by atoms with van der Waals surface area (Å²) in [6.45, 7) is 2.61. The summed E-state index contributed by atoms with van der Waals surface area (Å²) in [6.07, 6.45) is 0.708. The Kier molecular flexibility index (Phi) is 5.52. The van der Waals surface area contributed by atoms with E-state index >= 15 is 0 Å². The average Bonchev–Trinajstić information content (AvgIpc) is 3.13. The SMILES string of the molecule is O=C(c1ccccc1)c1ccccc1C(=O)N1CC[NH+]([C@@H]2CCS(=O)(=O)C2)CC1. The summed E-state index contributed by atoms with van der Waals surface area (Å²) < 4.78 is 23.5. The topological polar surface area (TPSA) is 76.0 Å². The van der Waals surface area contributed by atoms with Gasteiger partial charge in [-0.15, -0.1) is 0 Å². The maximum absolute atomic E-state index is 13.2. The lowest BCUT2D eigenvalue weighted by atomic mass is 9.97. The first-order valence-electron chi connectivity index (χ1n) is 9.98. The molecule has 2 aromatic carbocycles. The maximum atomic E-state index is 13.2. The van der Waals surface area contributed by atoms with E-state index in [0.717, 1.165) is 13.1 Å². The summed E-state index contributed by atoms with van der Waals surface area (Å²) in [4.78, 5) is 29.1. The van der Waals surface area contributed by atoms with Crippen LogP contribution in [0.5, 0.6) is 0 Å². The Balaban J connectivity index is 1.47. The van der Waals surface area contributed by atoms with Crippen molar-refractivity contribution in [1.82, 2.24) is 4.90 Å². The van der Waals surface area contributed by atoms with Crippen molar-refractivity contribution >= 4 is 21.5 Å². The van der Waals surface area contributed by atoms with Crippen molar-refractivity contribution < 1.29 is 22.9 Å². The number of quaternary nitrogens is 1. The molecule has 29 heavy (non-hydrogen) atoms. The molecule has 1 atom stereocenters. The second-order valence-corrected chi connectivity index (χ2v) is 10.0. The zero-order valence-corrected chi connectivity index (χ0v) is 17.0. The minimum absolute atomic E-state index is 0.136. The highest BCUT2D eigenvalue weighted by atomic mass is 32.2. The van der Waals surface area contributed by atoms with E-state index in [0.29, 0.717) is 36.2 Å². The van der Waals surface area contributed by atoms with Gasteiger partial charge in [-0.2, -0.15) is 0 Å². The molecular formula is C22H25N2O4S+. The molecule has 152 valence electrons. The lowest BCUT2D eigenvalue weighted by Crippen LogP contribution is -3.18. The van der Waals surface area contributed by atoms with Crippen molar-refractivity contribution in [1.29, 1.82) is 0 Å². The number of hydrogen-bond donors (Lipinski definition) is 1. The number of sulfone groups is 1. The fraction of sp³-hybridized carbons (Fsp3) is 0.364. The van der Waals surface area contributed by atoms with Gasteiger partial charge >= 0.3 is 0 Å². The predicted octanol–water partition coefficient (Wildman–Crippen LogP) is 0.445. The summed E-state index contributed by atoms with van der Waals surface area (Å²) >= 11 is 0. The number of nitrogens with one attached hydrogen (secondary N) is 1. The van der Waals surface area contributed by atoms with Crippen LogP contribution in [0.25, 0.3) is 0 Å². The fourth-order valence-corrected chi connectivity index (χ4v) is 6.13. The second kappa shape index (κ2) is 8.08. The van der Waals surface area contributed by atoms with E-state index in [4.69, 9.17) is 0 Å². The van der Waals surface area contributed by atoms with Gasteiger partial charge in [-0.3, -0.25) is 9.59 Å². The van der Waals surface area contributed by atoms with Crippen molar-refractivity contribution in [2.24, 2.45) is 0 Å². The Morgan fingerprint density at radius 2 is 1.52 bits per heavy atom. The van der Waals surface area contributed by atoms with Crippen LogP contribution in [-0.2, 0) is 9.84 Å². The van der Waals surface area contributed by atoms with Crippen LogP contribution in [0, 0.1) is 0 Å². The first-order chi connectivity index (χ1) is 13.9. The molecule has 1 amide bonds. The Hall–Kier alpha value is -2.51. The number of piperazine rings is 1. The third-order valence-electron chi connectivity index (χ3n) is 5.94. The molecule has 0 spiro atoms. The molecule has 0 saturated carbocycles. The molecule has 0 radical (unpaired) electrons. The molecule has 1 N–H and O–H groups in total. The van der Waals surface area contributed by atoms with Gasteiger partial charge in [0, 0.05) is 17.5 Å². The van der Waals surface area contributed by atoms with Crippen LogP contribution in [0.15, 0.2) is 54.6 Å². The zero-order valence-electron chi connectivity index (χ0n) is 16.2. The molecular weight excluding hydrogens is 388 g/mol. The third-order valence-corrected chi connectivity index (χ3v) is 7.71. The molecule has 2 aliphatic rings. The number of rotatable bonds is 4. The van der Waals surface area contributed by atoms with Crippen molar-refractivity contribution in [2.75, 3.05) is 37.7 Å². The molecule has 0 aliphatic carbocycles. The Morgan fingerprint density at radius 1 is 0.897 bits per heavy atom. The summed E-state index contributed by atoms with van der Waals surface area (Å²) in [6, 6.07) is 16.1. The number of hydrogen-bond acceptors (Lipinski definition) is 4. The van der Waals surface area contributed by atoms with Gasteiger partial charge in [-0.05, 0) is 6.07 Å². The van der Waals surface area contributed by atoms with E-state index in [1.807, 2.05) is 18.2 Å². The molecule has 2 fully saturated rings. The first kappa shape index (κ1) is 19.8. The molecule has 4 rings (SSSR count). The van der Waals surface area contributed by atoms with Gasteiger partial charge in [0.05, 0.1) is 37.5 Å². The highest BCUT2D eigenvalue weighted by Crippen LogP contribution is 2.17. The number of carbonyl (C=O) groups is 2. The number of benzene rings is 2. The van der Waals surface area contributed by atoms with E-state index in [2.05, 4.69) is 0 Å². The zero-order chi connectivity index (χ0) is 20.4. The molecule has 2 saturated heterocycles. The number of amides is 1. The summed E-state index contributed by atoms with van der Waals surface area (Å²) in [5, 5.41) is 0. The maximum Gasteiger partial charge on any atom is 0.255 e. The fourth-order valence-electron chi connectivity index (χ4n) is 4.31. The Labute approximate surface area is 171 Å². The van der Waals surface area contributed by atoms with Gasteiger partial charge in [0.15, 0.2) is 15.6 Å². The van der Waals surface area contributed by atoms with Crippen molar-refractivity contribution in [3.05, 3.63) is 71.3 Å². The van der Waals surface area contributed by atoms with Crippen LogP contribution in [0.1, 0.15) is 32.7 Å². The summed E-state index contributed by atoms with van der Waals surface area (Å²) in [5.41, 5.74) is 1.40. The molecule has 2 aromatic rings. The van der Waals surface area contributed by atoms with Crippen LogP contribution in [0.3, 0.4) is 0 Å². The smallest absolute Gasteiger partial charge is 0.255 e. The van der Waals surface area contributed by atoms with Crippen LogP contribution >= 0.6 is 0 Å². The van der Waals surface area contributed by atoms with Crippen LogP contribution < -0.4 is 4.90 Å². The molecule has 0 aromatic heterocycles. The van der Waals surface area contributed by atoms with E-state index in [1.165, 1.54) is 4.90 Å². The molecule has 6 nitrogen and oxygen atoms in total. The standard InChI is InChI=1S/C22H24N2O4S/c25-21(17-6-2-1-3-7-17)19-8-4-5-9-20(19)22(26)24-13-11-23(12-14-24)18-10-15-29(27,28)16-18/h1-9,18H,10-16H2/p+1/t18-/m1/s1. The lowest BCUT2D eigenvalue weighted by molar-refractivity contribution is -0.925. The lowest BCUT2D eigenvalue weighted by Gasteiger charge is -2.35. The number of nitrogens with zero attached hydrogens (tertiary/aromatic N) is 1. The number of ketones is 1. The van der Waals surface area contributed by atoms with Gasteiger partial charge in [-0.1, -0.05) is 48.5 Å². The Morgan fingerprint density at radius 3 is 2.14 bits per heavy atom. The number of carbonyl (C=O) groups excluding carboxylic acids is 2. The van der Waals surface area contributed by atoms with E-state index in [-0.39, 0.29) is 29.2 Å².